The van der Waals surface area contributed by atoms with Gasteiger partial charge in [0.15, 0.2) is 0 Å². The Kier molecular flexibility index (Phi) is 4.98. The standard InChI is InChI=1S/C16H22N4O3S/c1-13-16(10-18-19(13)2)24(21,22)20(12-15-4-3-9-23-15)11-14-5-7-17-8-6-14/h5-8,10,15H,3-4,9,11-12H2,1-2H3. The Bertz CT molecular complexity index is 783. The van der Waals surface area contributed by atoms with Crippen LogP contribution < -0.4 is 0 Å². The van der Waals surface area contributed by atoms with Crippen LogP contribution in [-0.4, -0.2) is 46.7 Å². The predicted octanol–water partition coefficient (Wildman–Crippen LogP) is 1.49. The van der Waals surface area contributed by atoms with Gasteiger partial charge in [-0.2, -0.15) is 9.40 Å². The fraction of sp³-hybridized carbons (Fsp3) is 0.500. The molecule has 0 radical (unpaired) electrons. The zero-order valence-corrected chi connectivity index (χ0v) is 14.7. The molecule has 2 aromatic rings. The van der Waals surface area contributed by atoms with Crippen molar-refractivity contribution in [2.75, 3.05) is 13.2 Å². The minimum atomic E-state index is -3.65. The molecule has 0 amide bonds. The summed E-state index contributed by atoms with van der Waals surface area (Å²) in [6.07, 6.45) is 6.55. The molecule has 130 valence electrons. The second-order valence-electron chi connectivity index (χ2n) is 6.01. The maximum absolute atomic E-state index is 13.2. The van der Waals surface area contributed by atoms with Crippen LogP contribution in [0.25, 0.3) is 0 Å². The summed E-state index contributed by atoms with van der Waals surface area (Å²) in [5, 5.41) is 4.07. The highest BCUT2D eigenvalue weighted by Gasteiger charge is 2.31. The third-order valence-corrected chi connectivity index (χ3v) is 6.26. The van der Waals surface area contributed by atoms with Crippen LogP contribution in [0.5, 0.6) is 0 Å². The maximum atomic E-state index is 13.2. The molecule has 1 atom stereocenters. The molecule has 0 spiro atoms. The van der Waals surface area contributed by atoms with E-state index in [2.05, 4.69) is 10.1 Å². The van der Waals surface area contributed by atoms with Crippen LogP contribution in [0.3, 0.4) is 0 Å². The maximum Gasteiger partial charge on any atom is 0.246 e. The van der Waals surface area contributed by atoms with Gasteiger partial charge in [-0.3, -0.25) is 9.67 Å². The van der Waals surface area contributed by atoms with E-state index in [1.54, 1.807) is 31.0 Å². The largest absolute Gasteiger partial charge is 0.377 e. The van der Waals surface area contributed by atoms with Gasteiger partial charge in [-0.1, -0.05) is 0 Å². The molecule has 1 fully saturated rings. The Morgan fingerprint density at radius 3 is 2.71 bits per heavy atom. The van der Waals surface area contributed by atoms with Crippen molar-refractivity contribution in [2.45, 2.75) is 37.3 Å². The molecule has 1 unspecified atom stereocenters. The molecule has 3 heterocycles. The molecule has 8 heteroatoms. The highest BCUT2D eigenvalue weighted by molar-refractivity contribution is 7.89. The quantitative estimate of drug-likeness (QED) is 0.789. The van der Waals surface area contributed by atoms with Crippen LogP contribution >= 0.6 is 0 Å². The Morgan fingerprint density at radius 2 is 2.12 bits per heavy atom. The Morgan fingerprint density at radius 1 is 1.38 bits per heavy atom. The van der Waals surface area contributed by atoms with E-state index in [1.165, 1.54) is 10.5 Å². The summed E-state index contributed by atoms with van der Waals surface area (Å²) in [7, 11) is -1.91. The zero-order chi connectivity index (χ0) is 17.2. The van der Waals surface area contributed by atoms with Crippen molar-refractivity contribution < 1.29 is 13.2 Å². The highest BCUT2D eigenvalue weighted by Crippen LogP contribution is 2.24. The second kappa shape index (κ2) is 7.00. The van der Waals surface area contributed by atoms with Gasteiger partial charge in [-0.25, -0.2) is 8.42 Å². The molecule has 1 aliphatic rings. The van der Waals surface area contributed by atoms with Gasteiger partial charge in [-0.15, -0.1) is 0 Å². The van der Waals surface area contributed by atoms with E-state index >= 15 is 0 Å². The van der Waals surface area contributed by atoms with Crippen molar-refractivity contribution in [3.05, 3.63) is 42.0 Å². The average molecular weight is 350 g/mol. The molecule has 0 bridgehead atoms. The first-order valence-electron chi connectivity index (χ1n) is 7.98. The van der Waals surface area contributed by atoms with Crippen molar-refractivity contribution in [2.24, 2.45) is 7.05 Å². The van der Waals surface area contributed by atoms with Gasteiger partial charge in [0.1, 0.15) is 4.90 Å². The average Bonchev–Trinajstić information content (AvgIpc) is 3.19. The molecule has 7 nitrogen and oxygen atoms in total. The third-order valence-electron chi connectivity index (χ3n) is 4.35. The van der Waals surface area contributed by atoms with Crippen LogP contribution in [0.4, 0.5) is 0 Å². The van der Waals surface area contributed by atoms with Gasteiger partial charge >= 0.3 is 0 Å². The van der Waals surface area contributed by atoms with Gasteiger partial charge in [0.05, 0.1) is 18.0 Å². The van der Waals surface area contributed by atoms with Gasteiger partial charge in [-0.05, 0) is 37.5 Å². The van der Waals surface area contributed by atoms with Gasteiger partial charge in [0.25, 0.3) is 0 Å². The number of aryl methyl sites for hydroxylation is 1. The zero-order valence-electron chi connectivity index (χ0n) is 13.9. The van der Waals surface area contributed by atoms with Gasteiger partial charge < -0.3 is 4.74 Å². The lowest BCUT2D eigenvalue weighted by Crippen LogP contribution is -2.37. The first-order valence-corrected chi connectivity index (χ1v) is 9.42. The first kappa shape index (κ1) is 17.1. The van der Waals surface area contributed by atoms with Crippen molar-refractivity contribution in [1.29, 1.82) is 0 Å². The molecule has 3 rings (SSSR count). The summed E-state index contributed by atoms with van der Waals surface area (Å²) in [6.45, 7) is 3.09. The molecule has 0 aromatic carbocycles. The molecule has 0 aliphatic carbocycles. The smallest absolute Gasteiger partial charge is 0.246 e. The molecule has 1 aliphatic heterocycles. The molecule has 0 saturated carbocycles. The number of sulfonamides is 1. The van der Waals surface area contributed by atoms with Crippen LogP contribution in [0.2, 0.25) is 0 Å². The number of ether oxygens (including phenoxy) is 1. The Labute approximate surface area is 142 Å². The van der Waals surface area contributed by atoms with E-state index in [-0.39, 0.29) is 11.0 Å². The molecule has 2 aromatic heterocycles. The van der Waals surface area contributed by atoms with Gasteiger partial charge in [0, 0.05) is 39.1 Å². The minimum Gasteiger partial charge on any atom is -0.377 e. The predicted molar refractivity (Wildman–Crippen MR) is 88.8 cm³/mol. The molecule has 1 saturated heterocycles. The Balaban J connectivity index is 1.91. The molecule has 0 N–H and O–H groups in total. The van der Waals surface area contributed by atoms with Crippen molar-refractivity contribution >= 4 is 10.0 Å². The van der Waals surface area contributed by atoms with E-state index in [9.17, 15) is 8.42 Å². The van der Waals surface area contributed by atoms with Crippen LogP contribution in [-0.2, 0) is 28.4 Å². The van der Waals surface area contributed by atoms with E-state index in [0.29, 0.717) is 25.4 Å². The fourth-order valence-corrected chi connectivity index (χ4v) is 4.47. The summed E-state index contributed by atoms with van der Waals surface area (Å²) in [5.74, 6) is 0. The summed E-state index contributed by atoms with van der Waals surface area (Å²) in [6, 6.07) is 3.66. The lowest BCUT2D eigenvalue weighted by atomic mass is 10.2. The van der Waals surface area contributed by atoms with Crippen molar-refractivity contribution in [3.63, 3.8) is 0 Å². The van der Waals surface area contributed by atoms with Crippen molar-refractivity contribution in [1.82, 2.24) is 19.1 Å². The lowest BCUT2D eigenvalue weighted by Gasteiger charge is -2.24. The Hall–Kier alpha value is -1.77. The summed E-state index contributed by atoms with van der Waals surface area (Å²) < 4.78 is 35.0. The third kappa shape index (κ3) is 3.50. The molecular formula is C16H22N4O3S. The number of aromatic nitrogens is 3. The van der Waals surface area contributed by atoms with Crippen LogP contribution in [0.1, 0.15) is 24.1 Å². The number of rotatable bonds is 6. The number of nitrogens with zero attached hydrogens (tertiary/aromatic N) is 4. The number of hydrogen-bond acceptors (Lipinski definition) is 5. The van der Waals surface area contributed by atoms with E-state index in [0.717, 1.165) is 18.4 Å². The first-order chi connectivity index (χ1) is 11.5. The number of pyridine rings is 1. The SMILES string of the molecule is Cc1c(S(=O)(=O)N(Cc2ccncc2)CC2CCCO2)cnn1C. The topological polar surface area (TPSA) is 77.3 Å². The highest BCUT2D eigenvalue weighted by atomic mass is 32.2. The fourth-order valence-electron chi connectivity index (χ4n) is 2.83. The summed E-state index contributed by atoms with van der Waals surface area (Å²) in [5.41, 5.74) is 1.52. The normalized spacial score (nSPS) is 18.4. The van der Waals surface area contributed by atoms with Crippen molar-refractivity contribution in [3.8, 4) is 0 Å². The number of hydrogen-bond donors (Lipinski definition) is 0. The van der Waals surface area contributed by atoms with Crippen LogP contribution in [0.15, 0.2) is 35.6 Å². The second-order valence-corrected chi connectivity index (χ2v) is 7.91. The van der Waals surface area contributed by atoms with Crippen LogP contribution in [0, 0.1) is 6.92 Å². The molecule has 24 heavy (non-hydrogen) atoms. The summed E-state index contributed by atoms with van der Waals surface area (Å²) in [4.78, 5) is 4.24. The molecular weight excluding hydrogens is 328 g/mol. The lowest BCUT2D eigenvalue weighted by molar-refractivity contribution is 0.0926. The van der Waals surface area contributed by atoms with E-state index < -0.39 is 10.0 Å². The van der Waals surface area contributed by atoms with E-state index in [1.807, 2.05) is 12.1 Å². The van der Waals surface area contributed by atoms with Gasteiger partial charge in [0.2, 0.25) is 10.0 Å². The monoisotopic (exact) mass is 350 g/mol. The summed E-state index contributed by atoms with van der Waals surface area (Å²) >= 11 is 0. The minimum absolute atomic E-state index is 0.0569. The van der Waals surface area contributed by atoms with E-state index in [4.69, 9.17) is 4.74 Å².